The Bertz CT molecular complexity index is 856. The van der Waals surface area contributed by atoms with Crippen LogP contribution in [0.5, 0.6) is 0 Å². The van der Waals surface area contributed by atoms with E-state index in [1.54, 1.807) is 20.0 Å². The molecule has 1 amide bonds. The van der Waals surface area contributed by atoms with Gasteiger partial charge in [-0.15, -0.1) is 0 Å². The minimum atomic E-state index is -0.203. The van der Waals surface area contributed by atoms with Crippen molar-refractivity contribution in [3.05, 3.63) is 40.9 Å². The summed E-state index contributed by atoms with van der Waals surface area (Å²) in [5.74, 6) is 0.836. The summed E-state index contributed by atoms with van der Waals surface area (Å²) in [5, 5.41) is 10.9. The second-order valence-corrected chi connectivity index (χ2v) is 5.22. The number of benzene rings is 1. The van der Waals surface area contributed by atoms with Crippen LogP contribution in [0.2, 0.25) is 5.02 Å². The van der Waals surface area contributed by atoms with Crippen LogP contribution < -0.4 is 5.32 Å². The van der Waals surface area contributed by atoms with E-state index in [1.165, 1.54) is 0 Å². The minimum Gasteiger partial charge on any atom is -0.360 e. The first-order valence-electron chi connectivity index (χ1n) is 6.85. The Balaban J connectivity index is 2.03. The van der Waals surface area contributed by atoms with Gasteiger partial charge in [-0.25, -0.2) is 0 Å². The number of rotatable bonds is 4. The Morgan fingerprint density at radius 3 is 2.78 bits per heavy atom. The average molecular weight is 333 g/mol. The fourth-order valence-electron chi connectivity index (χ4n) is 2.12. The quantitative estimate of drug-likeness (QED) is 0.789. The number of nitrogens with one attached hydrogen (secondary N) is 1. The minimum absolute atomic E-state index is 0.0335. The number of hydrogen-bond acceptors (Lipinski definition) is 6. The molecule has 0 radical (unpaired) electrons. The van der Waals surface area contributed by atoms with Gasteiger partial charge in [0.15, 0.2) is 5.82 Å². The Labute approximate surface area is 136 Å². The van der Waals surface area contributed by atoms with E-state index in [9.17, 15) is 4.79 Å². The molecule has 0 aliphatic carbocycles. The summed E-state index contributed by atoms with van der Waals surface area (Å²) >= 11 is 6.22. The molecule has 2 heterocycles. The van der Waals surface area contributed by atoms with Crippen molar-refractivity contribution in [3.63, 3.8) is 0 Å². The molecular weight excluding hydrogens is 320 g/mol. The number of amides is 1. The Hall–Kier alpha value is -2.67. The lowest BCUT2D eigenvalue weighted by Crippen LogP contribution is -2.20. The lowest BCUT2D eigenvalue weighted by molar-refractivity contribution is -0.120. The molecule has 2 aromatic heterocycles. The predicted octanol–water partition coefficient (Wildman–Crippen LogP) is 2.64. The molecule has 1 aromatic carbocycles. The average Bonchev–Trinajstić information content (AvgIpc) is 3.14. The van der Waals surface area contributed by atoms with Crippen molar-refractivity contribution in [2.45, 2.75) is 13.3 Å². The highest BCUT2D eigenvalue weighted by Gasteiger charge is 2.23. The van der Waals surface area contributed by atoms with Gasteiger partial charge < -0.3 is 14.4 Å². The summed E-state index contributed by atoms with van der Waals surface area (Å²) in [6.45, 7) is 1.74. The maximum atomic E-state index is 11.4. The van der Waals surface area contributed by atoms with Crippen LogP contribution in [0.1, 0.15) is 11.6 Å². The number of carbonyl (C=O) groups excluding carboxylic acids is 1. The monoisotopic (exact) mass is 332 g/mol. The van der Waals surface area contributed by atoms with E-state index >= 15 is 0 Å². The fraction of sp³-hybridized carbons (Fsp3) is 0.200. The normalized spacial score (nSPS) is 10.7. The number of hydrogen-bond donors (Lipinski definition) is 1. The molecule has 0 fully saturated rings. The highest BCUT2D eigenvalue weighted by Crippen LogP contribution is 2.36. The van der Waals surface area contributed by atoms with Crippen molar-refractivity contribution in [2.24, 2.45) is 0 Å². The Kier molecular flexibility index (Phi) is 4.12. The standard InChI is InChI=1S/C15H13ClN4O3/c1-8-13(15-18-11(19-23-15)7-12(21)17-2)14(20-22-8)9-5-3-4-6-10(9)16/h3-6H,7H2,1-2H3,(H,17,21). The topological polar surface area (TPSA) is 94.1 Å². The highest BCUT2D eigenvalue weighted by atomic mass is 35.5. The third kappa shape index (κ3) is 2.95. The van der Waals surface area contributed by atoms with Crippen molar-refractivity contribution in [2.75, 3.05) is 7.05 Å². The highest BCUT2D eigenvalue weighted by molar-refractivity contribution is 6.33. The molecule has 3 rings (SSSR count). The van der Waals surface area contributed by atoms with Gasteiger partial charge in [-0.2, -0.15) is 4.98 Å². The molecule has 23 heavy (non-hydrogen) atoms. The van der Waals surface area contributed by atoms with E-state index in [0.717, 1.165) is 0 Å². The number of nitrogens with zero attached hydrogens (tertiary/aromatic N) is 3. The molecule has 1 N–H and O–H groups in total. The van der Waals surface area contributed by atoms with Crippen molar-refractivity contribution in [3.8, 4) is 22.7 Å². The largest absolute Gasteiger partial charge is 0.360 e. The first kappa shape index (κ1) is 15.2. The molecule has 7 nitrogen and oxygen atoms in total. The third-order valence-corrected chi connectivity index (χ3v) is 3.60. The first-order valence-corrected chi connectivity index (χ1v) is 7.22. The molecule has 0 aliphatic rings. The summed E-state index contributed by atoms with van der Waals surface area (Å²) in [4.78, 5) is 15.6. The maximum Gasteiger partial charge on any atom is 0.263 e. The van der Waals surface area contributed by atoms with E-state index in [0.29, 0.717) is 27.6 Å². The van der Waals surface area contributed by atoms with Gasteiger partial charge in [-0.3, -0.25) is 4.79 Å². The summed E-state index contributed by atoms with van der Waals surface area (Å²) in [6.07, 6.45) is 0.0335. The van der Waals surface area contributed by atoms with Crippen LogP contribution in [0.3, 0.4) is 0 Å². The van der Waals surface area contributed by atoms with Crippen molar-refractivity contribution in [1.29, 1.82) is 0 Å². The van der Waals surface area contributed by atoms with Gasteiger partial charge in [-0.1, -0.05) is 40.1 Å². The van der Waals surface area contributed by atoms with E-state index in [-0.39, 0.29) is 24.0 Å². The van der Waals surface area contributed by atoms with Gasteiger partial charge in [0.2, 0.25) is 5.91 Å². The van der Waals surface area contributed by atoms with Gasteiger partial charge in [-0.05, 0) is 13.0 Å². The van der Waals surface area contributed by atoms with E-state index in [4.69, 9.17) is 20.6 Å². The summed E-state index contributed by atoms with van der Waals surface area (Å²) in [5.41, 5.74) is 1.78. The second-order valence-electron chi connectivity index (χ2n) is 4.81. The zero-order chi connectivity index (χ0) is 16.4. The van der Waals surface area contributed by atoms with Crippen LogP contribution >= 0.6 is 11.6 Å². The lowest BCUT2D eigenvalue weighted by atomic mass is 10.1. The first-order chi connectivity index (χ1) is 11.1. The molecule has 0 saturated heterocycles. The van der Waals surface area contributed by atoms with Crippen LogP contribution in [0, 0.1) is 6.92 Å². The molecule has 0 bridgehead atoms. The van der Waals surface area contributed by atoms with Crippen LogP contribution in [0.15, 0.2) is 33.3 Å². The molecule has 0 unspecified atom stereocenters. The molecule has 0 spiro atoms. The van der Waals surface area contributed by atoms with Crippen LogP contribution in [-0.4, -0.2) is 28.3 Å². The second kappa shape index (κ2) is 6.21. The third-order valence-electron chi connectivity index (χ3n) is 3.27. The SMILES string of the molecule is CNC(=O)Cc1noc(-c2c(-c3ccccc3Cl)noc2C)n1. The predicted molar refractivity (Wildman–Crippen MR) is 82.7 cm³/mol. The molecular formula is C15H13ClN4O3. The Morgan fingerprint density at radius 2 is 2.04 bits per heavy atom. The summed E-state index contributed by atoms with van der Waals surface area (Å²) < 4.78 is 10.5. The lowest BCUT2D eigenvalue weighted by Gasteiger charge is -2.00. The molecule has 0 saturated carbocycles. The summed E-state index contributed by atoms with van der Waals surface area (Å²) in [7, 11) is 1.54. The van der Waals surface area contributed by atoms with Crippen LogP contribution in [-0.2, 0) is 11.2 Å². The molecule has 118 valence electrons. The molecule has 3 aromatic rings. The zero-order valence-corrected chi connectivity index (χ0v) is 13.2. The fourth-order valence-corrected chi connectivity index (χ4v) is 2.35. The zero-order valence-electron chi connectivity index (χ0n) is 12.5. The molecule has 8 heteroatoms. The van der Waals surface area contributed by atoms with Gasteiger partial charge >= 0.3 is 0 Å². The number of likely N-dealkylation sites (N-methyl/N-ethyl adjacent to an activating group) is 1. The van der Waals surface area contributed by atoms with Gasteiger partial charge in [0.25, 0.3) is 5.89 Å². The van der Waals surface area contributed by atoms with Gasteiger partial charge in [0.05, 0.1) is 11.4 Å². The van der Waals surface area contributed by atoms with Crippen molar-refractivity contribution < 1.29 is 13.8 Å². The van der Waals surface area contributed by atoms with E-state index in [2.05, 4.69) is 20.6 Å². The number of carbonyl (C=O) groups is 1. The van der Waals surface area contributed by atoms with Gasteiger partial charge in [0, 0.05) is 12.6 Å². The number of aromatic nitrogens is 3. The number of aryl methyl sites for hydroxylation is 1. The van der Waals surface area contributed by atoms with E-state index < -0.39 is 0 Å². The molecule has 0 atom stereocenters. The smallest absolute Gasteiger partial charge is 0.263 e. The van der Waals surface area contributed by atoms with Gasteiger partial charge in [0.1, 0.15) is 17.0 Å². The maximum absolute atomic E-state index is 11.4. The van der Waals surface area contributed by atoms with E-state index in [1.807, 2.05) is 18.2 Å². The van der Waals surface area contributed by atoms with Crippen LogP contribution in [0.25, 0.3) is 22.7 Å². The number of halogens is 1. The van der Waals surface area contributed by atoms with Crippen molar-refractivity contribution >= 4 is 17.5 Å². The van der Waals surface area contributed by atoms with Crippen LogP contribution in [0.4, 0.5) is 0 Å². The van der Waals surface area contributed by atoms with Crippen molar-refractivity contribution in [1.82, 2.24) is 20.6 Å². The molecule has 0 aliphatic heterocycles. The summed E-state index contributed by atoms with van der Waals surface area (Å²) in [6, 6.07) is 7.26. The Morgan fingerprint density at radius 1 is 1.26 bits per heavy atom.